The van der Waals surface area contributed by atoms with Gasteiger partial charge in [0.1, 0.15) is 0 Å². The van der Waals surface area contributed by atoms with E-state index in [-0.39, 0.29) is 12.0 Å². The van der Waals surface area contributed by atoms with Gasteiger partial charge in [0, 0.05) is 16.5 Å². The number of primary amides is 1. The van der Waals surface area contributed by atoms with Crippen LogP contribution in [-0.4, -0.2) is 10.9 Å². The van der Waals surface area contributed by atoms with Crippen molar-refractivity contribution in [2.24, 2.45) is 5.73 Å². The molecule has 0 spiro atoms. The van der Waals surface area contributed by atoms with Crippen LogP contribution in [0.5, 0.6) is 0 Å². The summed E-state index contributed by atoms with van der Waals surface area (Å²) in [6.45, 7) is 3.91. The van der Waals surface area contributed by atoms with Gasteiger partial charge < -0.3 is 10.7 Å². The summed E-state index contributed by atoms with van der Waals surface area (Å²) in [6, 6.07) is 5.98. The first kappa shape index (κ1) is 12.4. The Balaban J connectivity index is 2.71. The molecule has 1 amide bonds. The predicted octanol–water partition coefficient (Wildman–Crippen LogP) is 1.43. The van der Waals surface area contributed by atoms with Gasteiger partial charge in [-0.25, -0.2) is 0 Å². The molecule has 2 rings (SSSR count). The second-order valence-electron chi connectivity index (χ2n) is 4.43. The van der Waals surface area contributed by atoms with Crippen LogP contribution in [0, 0.1) is 6.92 Å². The van der Waals surface area contributed by atoms with Gasteiger partial charge in [0.15, 0.2) is 0 Å². The van der Waals surface area contributed by atoms with E-state index in [0.717, 1.165) is 22.9 Å². The molecule has 0 saturated heterocycles. The van der Waals surface area contributed by atoms with Gasteiger partial charge in [-0.2, -0.15) is 0 Å². The molecular weight excluding hydrogens is 228 g/mol. The third-order valence-corrected chi connectivity index (χ3v) is 3.22. The summed E-state index contributed by atoms with van der Waals surface area (Å²) in [7, 11) is 0. The molecule has 0 radical (unpaired) electrons. The highest BCUT2D eigenvalue weighted by atomic mass is 16.1. The second kappa shape index (κ2) is 4.64. The van der Waals surface area contributed by atoms with Crippen LogP contribution in [0.1, 0.15) is 23.6 Å². The van der Waals surface area contributed by atoms with E-state index in [2.05, 4.69) is 11.9 Å². The van der Waals surface area contributed by atoms with Gasteiger partial charge in [-0.1, -0.05) is 19.1 Å². The van der Waals surface area contributed by atoms with Gasteiger partial charge in [-0.05, 0) is 30.5 Å². The molecule has 0 fully saturated rings. The number of carbonyl (C=O) groups is 1. The average molecular weight is 244 g/mol. The van der Waals surface area contributed by atoms with E-state index in [9.17, 15) is 9.59 Å². The number of nitrogens with one attached hydrogen (secondary N) is 1. The van der Waals surface area contributed by atoms with Crippen molar-refractivity contribution in [3.63, 3.8) is 0 Å². The Bertz CT molecular complexity index is 671. The number of amides is 1. The zero-order chi connectivity index (χ0) is 13.3. The molecule has 1 aromatic carbocycles. The number of aromatic amines is 1. The summed E-state index contributed by atoms with van der Waals surface area (Å²) < 4.78 is 0. The molecule has 0 saturated carbocycles. The van der Waals surface area contributed by atoms with E-state index >= 15 is 0 Å². The minimum absolute atomic E-state index is 0.0212. The zero-order valence-corrected chi connectivity index (χ0v) is 10.5. The van der Waals surface area contributed by atoms with Gasteiger partial charge in [0.25, 0.3) is 5.56 Å². The number of hydrogen-bond donors (Lipinski definition) is 2. The van der Waals surface area contributed by atoms with E-state index in [1.165, 1.54) is 5.56 Å². The zero-order valence-electron chi connectivity index (χ0n) is 10.5. The first-order valence-electron chi connectivity index (χ1n) is 5.95. The molecule has 0 aliphatic carbocycles. The molecule has 0 bridgehead atoms. The number of benzene rings is 1. The Labute approximate surface area is 105 Å². The topological polar surface area (TPSA) is 76.0 Å². The number of aromatic nitrogens is 1. The largest absolute Gasteiger partial charge is 0.369 e. The lowest BCUT2D eigenvalue weighted by atomic mass is 10.0. The van der Waals surface area contributed by atoms with E-state index in [4.69, 9.17) is 5.73 Å². The van der Waals surface area contributed by atoms with Gasteiger partial charge in [-0.3, -0.25) is 9.59 Å². The van der Waals surface area contributed by atoms with E-state index < -0.39 is 5.91 Å². The summed E-state index contributed by atoms with van der Waals surface area (Å²) >= 11 is 0. The molecule has 0 aliphatic heterocycles. The number of rotatable bonds is 3. The first-order valence-corrected chi connectivity index (χ1v) is 5.95. The Morgan fingerprint density at radius 3 is 2.72 bits per heavy atom. The van der Waals surface area contributed by atoms with Crippen molar-refractivity contribution in [2.75, 3.05) is 0 Å². The van der Waals surface area contributed by atoms with Crippen LogP contribution in [-0.2, 0) is 17.6 Å². The van der Waals surface area contributed by atoms with Crippen LogP contribution >= 0.6 is 0 Å². The fraction of sp³-hybridized carbons (Fsp3) is 0.286. The number of carbonyl (C=O) groups excluding carboxylic acids is 1. The number of nitrogens with two attached hydrogens (primary N) is 1. The smallest absolute Gasteiger partial charge is 0.252 e. The lowest BCUT2D eigenvalue weighted by Crippen LogP contribution is -2.22. The molecule has 0 aliphatic rings. The Hall–Kier alpha value is -2.10. The SMILES string of the molecule is CCc1ccc2c(C)c(CC(N)=O)c(=O)[nH]c2c1. The Morgan fingerprint density at radius 1 is 1.39 bits per heavy atom. The summed E-state index contributed by atoms with van der Waals surface area (Å²) in [6.07, 6.45) is 0.896. The van der Waals surface area contributed by atoms with Crippen molar-refractivity contribution in [1.29, 1.82) is 0 Å². The van der Waals surface area contributed by atoms with Crippen molar-refractivity contribution in [3.8, 4) is 0 Å². The molecule has 94 valence electrons. The van der Waals surface area contributed by atoms with Crippen LogP contribution in [0.2, 0.25) is 0 Å². The monoisotopic (exact) mass is 244 g/mol. The number of aryl methyl sites for hydroxylation is 2. The molecule has 3 N–H and O–H groups in total. The average Bonchev–Trinajstić information content (AvgIpc) is 2.33. The van der Waals surface area contributed by atoms with Crippen LogP contribution in [0.3, 0.4) is 0 Å². The highest BCUT2D eigenvalue weighted by molar-refractivity contribution is 5.85. The molecule has 4 nitrogen and oxygen atoms in total. The van der Waals surface area contributed by atoms with E-state index in [1.54, 1.807) is 0 Å². The van der Waals surface area contributed by atoms with Gasteiger partial charge in [0.2, 0.25) is 5.91 Å². The summed E-state index contributed by atoms with van der Waals surface area (Å²) in [4.78, 5) is 25.7. The van der Waals surface area contributed by atoms with Crippen LogP contribution in [0.25, 0.3) is 10.9 Å². The number of pyridine rings is 1. The third-order valence-electron chi connectivity index (χ3n) is 3.22. The number of H-pyrrole nitrogens is 1. The summed E-state index contributed by atoms with van der Waals surface area (Å²) in [5.41, 5.74) is 8.19. The van der Waals surface area contributed by atoms with E-state index in [1.807, 2.05) is 25.1 Å². The van der Waals surface area contributed by atoms with Gasteiger partial charge in [-0.15, -0.1) is 0 Å². The molecule has 4 heteroatoms. The fourth-order valence-corrected chi connectivity index (χ4v) is 2.16. The maximum absolute atomic E-state index is 11.9. The van der Waals surface area contributed by atoms with Gasteiger partial charge >= 0.3 is 0 Å². The van der Waals surface area contributed by atoms with E-state index in [0.29, 0.717) is 5.56 Å². The maximum Gasteiger partial charge on any atom is 0.252 e. The standard InChI is InChI=1S/C14H16N2O2/c1-3-9-4-5-10-8(2)11(7-13(15)17)14(18)16-12(10)6-9/h4-6H,3,7H2,1-2H3,(H2,15,17)(H,16,18). The second-order valence-corrected chi connectivity index (χ2v) is 4.43. The minimum atomic E-state index is -0.492. The molecule has 1 aromatic heterocycles. The third kappa shape index (κ3) is 2.14. The minimum Gasteiger partial charge on any atom is -0.369 e. The lowest BCUT2D eigenvalue weighted by molar-refractivity contribution is -0.117. The number of fused-ring (bicyclic) bond motifs is 1. The quantitative estimate of drug-likeness (QED) is 0.856. The fourth-order valence-electron chi connectivity index (χ4n) is 2.16. The van der Waals surface area contributed by atoms with Gasteiger partial charge in [0.05, 0.1) is 6.42 Å². The Kier molecular flexibility index (Phi) is 3.19. The van der Waals surface area contributed by atoms with Crippen molar-refractivity contribution < 1.29 is 4.79 Å². The van der Waals surface area contributed by atoms with Crippen molar-refractivity contribution >= 4 is 16.8 Å². The highest BCUT2D eigenvalue weighted by Gasteiger charge is 2.11. The lowest BCUT2D eigenvalue weighted by Gasteiger charge is -2.08. The number of hydrogen-bond acceptors (Lipinski definition) is 2. The summed E-state index contributed by atoms with van der Waals surface area (Å²) in [5, 5.41) is 0.961. The summed E-state index contributed by atoms with van der Waals surface area (Å²) in [5.74, 6) is -0.492. The predicted molar refractivity (Wildman–Crippen MR) is 71.6 cm³/mol. The molecule has 0 atom stereocenters. The highest BCUT2D eigenvalue weighted by Crippen LogP contribution is 2.19. The normalized spacial score (nSPS) is 10.8. The van der Waals surface area contributed by atoms with Crippen LogP contribution in [0.15, 0.2) is 23.0 Å². The van der Waals surface area contributed by atoms with Crippen molar-refractivity contribution in [1.82, 2.24) is 4.98 Å². The molecule has 18 heavy (non-hydrogen) atoms. The van der Waals surface area contributed by atoms with Crippen LogP contribution < -0.4 is 11.3 Å². The first-order chi connectivity index (χ1) is 8.52. The Morgan fingerprint density at radius 2 is 2.11 bits per heavy atom. The molecule has 0 unspecified atom stereocenters. The molecular formula is C14H16N2O2. The van der Waals surface area contributed by atoms with Crippen molar-refractivity contribution in [3.05, 3.63) is 45.2 Å². The van der Waals surface area contributed by atoms with Crippen LogP contribution in [0.4, 0.5) is 0 Å². The maximum atomic E-state index is 11.9. The molecule has 2 aromatic rings. The molecule has 1 heterocycles. The van der Waals surface area contributed by atoms with Crippen molar-refractivity contribution in [2.45, 2.75) is 26.7 Å².